The molecule has 1 amide bonds. The summed E-state index contributed by atoms with van der Waals surface area (Å²) in [5.74, 6) is -0.868. The molecule has 1 N–H and O–H groups in total. The minimum Gasteiger partial charge on any atom is -0.497 e. The Morgan fingerprint density at radius 1 is 0.824 bits per heavy atom. The molecule has 0 saturated heterocycles. The second-order valence-corrected chi connectivity index (χ2v) is 7.35. The normalized spacial score (nSPS) is 10.9. The molecule has 3 aromatic heterocycles. The molecule has 0 fully saturated rings. The number of anilines is 1. The molecule has 0 radical (unpaired) electrons. The molecule has 0 aliphatic carbocycles. The lowest BCUT2D eigenvalue weighted by atomic mass is 10.1. The minimum absolute atomic E-state index is 0.00678. The zero-order valence-corrected chi connectivity index (χ0v) is 18.0. The quantitative estimate of drug-likeness (QED) is 0.362. The molecule has 5 aromatic rings. The summed E-state index contributed by atoms with van der Waals surface area (Å²) in [6.45, 7) is 0. The topological polar surface area (TPSA) is 104 Å². The summed E-state index contributed by atoms with van der Waals surface area (Å²) < 4.78 is 17.0. The van der Waals surface area contributed by atoms with Gasteiger partial charge in [0.2, 0.25) is 5.78 Å². The molecule has 34 heavy (non-hydrogen) atoms. The Hall–Kier alpha value is -4.85. The van der Waals surface area contributed by atoms with E-state index in [0.717, 1.165) is 0 Å². The van der Waals surface area contributed by atoms with E-state index in [1.165, 1.54) is 36.3 Å². The lowest BCUT2D eigenvalue weighted by molar-refractivity contribution is 0.0915. The van der Waals surface area contributed by atoms with Crippen LogP contribution in [0.3, 0.4) is 0 Å². The summed E-state index contributed by atoms with van der Waals surface area (Å²) in [4.78, 5) is 40.1. The van der Waals surface area contributed by atoms with Crippen LogP contribution in [0.2, 0.25) is 0 Å². The number of para-hydroxylation sites is 1. The van der Waals surface area contributed by atoms with Gasteiger partial charge in [-0.2, -0.15) is 0 Å². The number of hydrogen-bond donors (Lipinski definition) is 1. The van der Waals surface area contributed by atoms with Gasteiger partial charge < -0.3 is 18.9 Å². The highest BCUT2D eigenvalue weighted by Crippen LogP contribution is 2.34. The summed E-state index contributed by atoms with van der Waals surface area (Å²) in [5, 5.41) is 3.28. The Kier molecular flexibility index (Phi) is 5.31. The number of carbonyl (C=O) groups excluding carboxylic acids is 3. The summed E-state index contributed by atoms with van der Waals surface area (Å²) >= 11 is 0. The molecule has 3 heterocycles. The van der Waals surface area contributed by atoms with Crippen molar-refractivity contribution in [1.82, 2.24) is 4.57 Å². The van der Waals surface area contributed by atoms with Gasteiger partial charge in [-0.1, -0.05) is 18.2 Å². The van der Waals surface area contributed by atoms with Crippen LogP contribution in [0.1, 0.15) is 37.2 Å². The average Bonchev–Trinajstić information content (AvgIpc) is 3.64. The van der Waals surface area contributed by atoms with Crippen molar-refractivity contribution in [3.8, 4) is 5.75 Å². The van der Waals surface area contributed by atoms with Crippen LogP contribution in [-0.2, 0) is 0 Å². The fraction of sp³-hybridized carbons (Fsp3) is 0.0385. The lowest BCUT2D eigenvalue weighted by Gasteiger charge is -2.10. The van der Waals surface area contributed by atoms with Gasteiger partial charge in [0, 0.05) is 10.9 Å². The Morgan fingerprint density at radius 2 is 1.50 bits per heavy atom. The van der Waals surface area contributed by atoms with Crippen LogP contribution in [0.5, 0.6) is 5.75 Å². The van der Waals surface area contributed by atoms with E-state index in [2.05, 4.69) is 5.32 Å². The van der Waals surface area contributed by atoms with Gasteiger partial charge >= 0.3 is 0 Å². The number of nitrogens with zero attached hydrogens (tertiary/aromatic N) is 1. The molecule has 0 spiro atoms. The van der Waals surface area contributed by atoms with Gasteiger partial charge in [-0.25, -0.2) is 0 Å². The van der Waals surface area contributed by atoms with E-state index in [0.29, 0.717) is 22.2 Å². The van der Waals surface area contributed by atoms with Crippen LogP contribution >= 0.6 is 0 Å². The highest BCUT2D eigenvalue weighted by atomic mass is 16.5. The van der Waals surface area contributed by atoms with Gasteiger partial charge in [-0.05, 0) is 54.6 Å². The molecule has 168 valence electrons. The van der Waals surface area contributed by atoms with Crippen molar-refractivity contribution in [2.24, 2.45) is 0 Å². The minimum atomic E-state index is -0.554. The van der Waals surface area contributed by atoms with E-state index in [-0.39, 0.29) is 22.9 Å². The summed E-state index contributed by atoms with van der Waals surface area (Å²) in [6.07, 6.45) is 2.76. The van der Waals surface area contributed by atoms with Crippen LogP contribution in [0.25, 0.3) is 10.9 Å². The number of hydrogen-bond acceptors (Lipinski definition) is 6. The molecule has 2 aromatic carbocycles. The third-order valence-corrected chi connectivity index (χ3v) is 5.36. The fourth-order valence-corrected chi connectivity index (χ4v) is 3.76. The van der Waals surface area contributed by atoms with Crippen LogP contribution < -0.4 is 10.1 Å². The van der Waals surface area contributed by atoms with E-state index < -0.39 is 17.6 Å². The molecular formula is C26H18N2O6. The van der Waals surface area contributed by atoms with Crippen molar-refractivity contribution in [2.75, 3.05) is 12.4 Å². The molecule has 5 rings (SSSR count). The number of aromatic nitrogens is 1. The molecule has 8 heteroatoms. The molecule has 8 nitrogen and oxygen atoms in total. The molecular weight excluding hydrogens is 436 g/mol. The smallest absolute Gasteiger partial charge is 0.298 e. The predicted molar refractivity (Wildman–Crippen MR) is 123 cm³/mol. The van der Waals surface area contributed by atoms with Crippen LogP contribution in [0.4, 0.5) is 5.69 Å². The number of ether oxygens (including phenoxy) is 1. The largest absolute Gasteiger partial charge is 0.497 e. The second kappa shape index (κ2) is 8.59. The SMILES string of the molecule is COc1ccc(C(=O)c2c(NC(=O)c3ccco3)c3ccccc3n2C(=O)c2ccco2)cc1. The summed E-state index contributed by atoms with van der Waals surface area (Å²) in [5.41, 5.74) is 0.937. The third kappa shape index (κ3) is 3.57. The third-order valence-electron chi connectivity index (χ3n) is 5.36. The Labute approximate surface area is 193 Å². The molecule has 0 saturated carbocycles. The van der Waals surface area contributed by atoms with Crippen molar-refractivity contribution in [2.45, 2.75) is 0 Å². The first-order valence-electron chi connectivity index (χ1n) is 10.3. The Bertz CT molecular complexity index is 1490. The first-order chi connectivity index (χ1) is 16.6. The average molecular weight is 454 g/mol. The standard InChI is InChI=1S/C26H18N2O6/c1-32-17-12-10-16(11-13-17)24(29)23-22(27-25(30)20-8-4-14-33-20)18-6-2-3-7-19(18)28(23)26(31)21-9-5-15-34-21/h2-15H,1H3,(H,27,30). The molecule has 0 atom stereocenters. The van der Waals surface area contributed by atoms with Crippen molar-refractivity contribution in [3.63, 3.8) is 0 Å². The number of amides is 1. The van der Waals surface area contributed by atoms with E-state index in [4.69, 9.17) is 13.6 Å². The number of furan rings is 2. The number of methoxy groups -OCH3 is 1. The molecule has 0 unspecified atom stereocenters. The maximum absolute atomic E-state index is 13.8. The van der Waals surface area contributed by atoms with E-state index in [1.807, 2.05) is 0 Å². The van der Waals surface area contributed by atoms with Gasteiger partial charge in [0.15, 0.2) is 11.5 Å². The molecule has 0 aliphatic heterocycles. The highest BCUT2D eigenvalue weighted by Gasteiger charge is 2.30. The van der Waals surface area contributed by atoms with E-state index in [1.54, 1.807) is 60.7 Å². The predicted octanol–water partition coefficient (Wildman–Crippen LogP) is 5.01. The van der Waals surface area contributed by atoms with E-state index in [9.17, 15) is 14.4 Å². The van der Waals surface area contributed by atoms with Crippen molar-refractivity contribution >= 4 is 34.2 Å². The summed E-state index contributed by atoms with van der Waals surface area (Å²) in [7, 11) is 1.53. The van der Waals surface area contributed by atoms with Crippen LogP contribution in [0, 0.1) is 0 Å². The fourth-order valence-electron chi connectivity index (χ4n) is 3.76. The molecule has 0 aliphatic rings. The first-order valence-corrected chi connectivity index (χ1v) is 10.3. The Morgan fingerprint density at radius 3 is 2.15 bits per heavy atom. The summed E-state index contributed by atoms with van der Waals surface area (Å²) in [6, 6.07) is 19.6. The zero-order chi connectivity index (χ0) is 23.7. The first kappa shape index (κ1) is 21.0. The van der Waals surface area contributed by atoms with Crippen molar-refractivity contribution in [3.05, 3.63) is 108 Å². The van der Waals surface area contributed by atoms with Gasteiger partial charge in [-0.3, -0.25) is 19.0 Å². The van der Waals surface area contributed by atoms with Crippen molar-refractivity contribution in [1.29, 1.82) is 0 Å². The second-order valence-electron chi connectivity index (χ2n) is 7.35. The van der Waals surface area contributed by atoms with Crippen molar-refractivity contribution < 1.29 is 28.0 Å². The van der Waals surface area contributed by atoms with Gasteiger partial charge in [-0.15, -0.1) is 0 Å². The number of carbonyl (C=O) groups is 3. The monoisotopic (exact) mass is 454 g/mol. The Balaban J connectivity index is 1.74. The number of fused-ring (bicyclic) bond motifs is 1. The number of rotatable bonds is 6. The maximum Gasteiger partial charge on any atom is 0.298 e. The zero-order valence-electron chi connectivity index (χ0n) is 18.0. The number of nitrogens with one attached hydrogen (secondary N) is 1. The van der Waals surface area contributed by atoms with Gasteiger partial charge in [0.25, 0.3) is 11.8 Å². The molecule has 0 bridgehead atoms. The van der Waals surface area contributed by atoms with Crippen LogP contribution in [-0.4, -0.2) is 29.3 Å². The highest BCUT2D eigenvalue weighted by molar-refractivity contribution is 6.23. The maximum atomic E-state index is 13.8. The number of ketones is 1. The van der Waals surface area contributed by atoms with Gasteiger partial charge in [0.05, 0.1) is 30.8 Å². The van der Waals surface area contributed by atoms with Gasteiger partial charge in [0.1, 0.15) is 11.4 Å². The van der Waals surface area contributed by atoms with E-state index >= 15 is 0 Å². The lowest BCUT2D eigenvalue weighted by Crippen LogP contribution is -2.20. The number of benzene rings is 2. The van der Waals surface area contributed by atoms with Crippen LogP contribution in [0.15, 0.2) is 94.2 Å².